The van der Waals surface area contributed by atoms with Crippen LogP contribution in [0.5, 0.6) is 0 Å². The number of carbonyl (C=O) groups excluding carboxylic acids is 1. The maximum absolute atomic E-state index is 9.84. The van der Waals surface area contributed by atoms with E-state index in [1.54, 1.807) is 0 Å². The first kappa shape index (κ1) is 9.34. The summed E-state index contributed by atoms with van der Waals surface area (Å²) < 4.78 is 5.08. The summed E-state index contributed by atoms with van der Waals surface area (Å²) in [6, 6.07) is 0. The van der Waals surface area contributed by atoms with Gasteiger partial charge in [0.15, 0.2) is 0 Å². The van der Waals surface area contributed by atoms with Gasteiger partial charge in [-0.3, -0.25) is 0 Å². The first-order chi connectivity index (χ1) is 4.62. The Morgan fingerprint density at radius 1 is 1.60 bits per heavy atom. The molecule has 0 bridgehead atoms. The van der Waals surface area contributed by atoms with Crippen molar-refractivity contribution in [1.82, 2.24) is 0 Å². The van der Waals surface area contributed by atoms with E-state index in [0.29, 0.717) is 13.2 Å². The molecule has 0 aromatic rings. The van der Waals surface area contributed by atoms with Crippen molar-refractivity contribution in [3.8, 4) is 0 Å². The molecule has 0 N–H and O–H groups in total. The molecule has 0 unspecified atom stereocenters. The lowest BCUT2D eigenvalue weighted by Gasteiger charge is -2.15. The molecule has 58 valence electrons. The van der Waals surface area contributed by atoms with Gasteiger partial charge >= 0.3 is 0 Å². The van der Waals surface area contributed by atoms with Crippen molar-refractivity contribution in [2.45, 2.75) is 26.3 Å². The van der Waals surface area contributed by atoms with Crippen molar-refractivity contribution in [2.75, 3.05) is 13.2 Å². The standard InChI is InChI=1S/C7H13NO2/c1-4-10-5-7(2,3)8-6-9/h4-5H2,1-3H3. The third-order valence-electron chi connectivity index (χ3n) is 1.01. The number of ether oxygens (including phenoxy) is 1. The van der Waals surface area contributed by atoms with Crippen molar-refractivity contribution in [3.63, 3.8) is 0 Å². The Labute approximate surface area is 61.1 Å². The summed E-state index contributed by atoms with van der Waals surface area (Å²) in [7, 11) is 0. The van der Waals surface area contributed by atoms with Crippen LogP contribution < -0.4 is 0 Å². The van der Waals surface area contributed by atoms with Crippen LogP contribution in [0.4, 0.5) is 0 Å². The maximum Gasteiger partial charge on any atom is 0.235 e. The van der Waals surface area contributed by atoms with Crippen molar-refractivity contribution >= 4 is 6.08 Å². The van der Waals surface area contributed by atoms with Crippen LogP contribution in [0.3, 0.4) is 0 Å². The van der Waals surface area contributed by atoms with Gasteiger partial charge in [0.2, 0.25) is 6.08 Å². The third kappa shape index (κ3) is 4.24. The van der Waals surface area contributed by atoms with Gasteiger partial charge in [0, 0.05) is 6.61 Å². The number of nitrogens with zero attached hydrogens (tertiary/aromatic N) is 1. The highest BCUT2D eigenvalue weighted by molar-refractivity contribution is 5.34. The zero-order chi connectivity index (χ0) is 8.04. The Morgan fingerprint density at radius 2 is 2.20 bits per heavy atom. The van der Waals surface area contributed by atoms with Gasteiger partial charge in [-0.15, -0.1) is 0 Å². The first-order valence-electron chi connectivity index (χ1n) is 3.29. The average Bonchev–Trinajstić information content (AvgIpc) is 1.84. The first-order valence-corrected chi connectivity index (χ1v) is 3.29. The molecule has 3 nitrogen and oxygen atoms in total. The van der Waals surface area contributed by atoms with Gasteiger partial charge in [-0.1, -0.05) is 0 Å². The van der Waals surface area contributed by atoms with E-state index in [2.05, 4.69) is 4.99 Å². The second-order valence-electron chi connectivity index (χ2n) is 2.65. The molecule has 0 amide bonds. The highest BCUT2D eigenvalue weighted by atomic mass is 16.5. The molecule has 10 heavy (non-hydrogen) atoms. The summed E-state index contributed by atoms with van der Waals surface area (Å²) in [5.41, 5.74) is -0.419. The Balaban J connectivity index is 3.74. The van der Waals surface area contributed by atoms with E-state index in [1.165, 1.54) is 6.08 Å². The zero-order valence-electron chi connectivity index (χ0n) is 6.68. The van der Waals surface area contributed by atoms with E-state index in [4.69, 9.17) is 4.74 Å². The fourth-order valence-corrected chi connectivity index (χ4v) is 0.508. The summed E-state index contributed by atoms with van der Waals surface area (Å²) >= 11 is 0. The fourth-order valence-electron chi connectivity index (χ4n) is 0.508. The van der Waals surface area contributed by atoms with E-state index in [0.717, 1.165) is 0 Å². The Hall–Kier alpha value is -0.660. The van der Waals surface area contributed by atoms with Crippen LogP contribution >= 0.6 is 0 Å². The van der Waals surface area contributed by atoms with Crippen molar-refractivity contribution in [3.05, 3.63) is 0 Å². The second kappa shape index (κ2) is 4.20. The smallest absolute Gasteiger partial charge is 0.235 e. The molecule has 0 heterocycles. The minimum absolute atomic E-state index is 0.419. The fraction of sp³-hybridized carbons (Fsp3) is 0.857. The second-order valence-corrected chi connectivity index (χ2v) is 2.65. The molecule has 0 aromatic heterocycles. The van der Waals surface area contributed by atoms with E-state index >= 15 is 0 Å². The lowest BCUT2D eigenvalue weighted by atomic mass is 10.1. The van der Waals surface area contributed by atoms with E-state index < -0.39 is 5.54 Å². The minimum Gasteiger partial charge on any atom is -0.379 e. The number of aliphatic imine (C=N–C) groups is 1. The van der Waals surface area contributed by atoms with Crippen LogP contribution in [0, 0.1) is 0 Å². The van der Waals surface area contributed by atoms with Gasteiger partial charge < -0.3 is 4.74 Å². The highest BCUT2D eigenvalue weighted by Gasteiger charge is 2.15. The molecule has 0 aliphatic rings. The molecule has 0 saturated heterocycles. The normalized spacial score (nSPS) is 10.7. The molecule has 0 saturated carbocycles. The lowest BCUT2D eigenvalue weighted by molar-refractivity contribution is 0.109. The van der Waals surface area contributed by atoms with Crippen LogP contribution in [0.1, 0.15) is 20.8 Å². The number of rotatable bonds is 4. The van der Waals surface area contributed by atoms with Crippen LogP contribution in [0.15, 0.2) is 4.99 Å². The van der Waals surface area contributed by atoms with Gasteiger partial charge in [-0.2, -0.15) is 4.99 Å². The molecule has 0 spiro atoms. The summed E-state index contributed by atoms with van der Waals surface area (Å²) in [6.07, 6.45) is 1.51. The summed E-state index contributed by atoms with van der Waals surface area (Å²) in [5, 5.41) is 0. The van der Waals surface area contributed by atoms with Gasteiger partial charge in [-0.05, 0) is 20.8 Å². The molecule has 0 aromatic carbocycles. The average molecular weight is 143 g/mol. The summed E-state index contributed by atoms with van der Waals surface area (Å²) in [6.45, 7) is 6.68. The van der Waals surface area contributed by atoms with Gasteiger partial charge in [0.05, 0.1) is 12.1 Å². The Bertz CT molecular complexity index is 137. The molecular weight excluding hydrogens is 130 g/mol. The van der Waals surface area contributed by atoms with E-state index in [1.807, 2.05) is 20.8 Å². The predicted octanol–water partition coefficient (Wildman–Crippen LogP) is 1.14. The molecule has 0 aliphatic carbocycles. The van der Waals surface area contributed by atoms with Crippen LogP contribution in [-0.4, -0.2) is 24.8 Å². The molecule has 0 radical (unpaired) electrons. The lowest BCUT2D eigenvalue weighted by Crippen LogP contribution is -2.23. The van der Waals surface area contributed by atoms with Crippen LogP contribution in [-0.2, 0) is 9.53 Å². The third-order valence-corrected chi connectivity index (χ3v) is 1.01. The van der Waals surface area contributed by atoms with Crippen LogP contribution in [0.25, 0.3) is 0 Å². The van der Waals surface area contributed by atoms with E-state index in [9.17, 15) is 4.79 Å². The van der Waals surface area contributed by atoms with Gasteiger partial charge in [0.1, 0.15) is 0 Å². The SMILES string of the molecule is CCOCC(C)(C)N=C=O. The van der Waals surface area contributed by atoms with Crippen molar-refractivity contribution < 1.29 is 9.53 Å². The van der Waals surface area contributed by atoms with Gasteiger partial charge in [-0.25, -0.2) is 4.79 Å². The molecular formula is C7H13NO2. The summed E-state index contributed by atoms with van der Waals surface area (Å²) in [5.74, 6) is 0. The molecule has 0 atom stereocenters. The number of hydrogen-bond donors (Lipinski definition) is 0. The van der Waals surface area contributed by atoms with Gasteiger partial charge in [0.25, 0.3) is 0 Å². The monoisotopic (exact) mass is 143 g/mol. The molecule has 3 heteroatoms. The predicted molar refractivity (Wildman–Crippen MR) is 38.7 cm³/mol. The maximum atomic E-state index is 9.84. The number of hydrogen-bond acceptors (Lipinski definition) is 3. The highest BCUT2D eigenvalue weighted by Crippen LogP contribution is 2.07. The molecule has 0 aliphatic heterocycles. The number of isocyanates is 1. The van der Waals surface area contributed by atoms with Crippen molar-refractivity contribution in [1.29, 1.82) is 0 Å². The van der Waals surface area contributed by atoms with E-state index in [-0.39, 0.29) is 0 Å². The zero-order valence-corrected chi connectivity index (χ0v) is 6.68. The van der Waals surface area contributed by atoms with Crippen LogP contribution in [0.2, 0.25) is 0 Å². The molecule has 0 rings (SSSR count). The Kier molecular flexibility index (Phi) is 3.93. The minimum atomic E-state index is -0.419. The Morgan fingerprint density at radius 3 is 2.60 bits per heavy atom. The topological polar surface area (TPSA) is 38.7 Å². The largest absolute Gasteiger partial charge is 0.379 e. The quantitative estimate of drug-likeness (QED) is 0.437. The van der Waals surface area contributed by atoms with Crippen molar-refractivity contribution in [2.24, 2.45) is 4.99 Å². The summed E-state index contributed by atoms with van der Waals surface area (Å²) in [4.78, 5) is 13.4. The molecule has 0 fully saturated rings.